The van der Waals surface area contributed by atoms with E-state index in [1.54, 1.807) is 11.9 Å². The largest absolute Gasteiger partial charge is 0.479 e. The molecule has 0 bridgehead atoms. The Morgan fingerprint density at radius 2 is 1.56 bits per heavy atom. The molecular weight excluding hydrogens is 470 g/mol. The molecule has 0 unspecified atom stereocenters. The maximum Gasteiger partial charge on any atom is 0.335 e. The summed E-state index contributed by atoms with van der Waals surface area (Å²) in [6, 6.07) is 17.1. The van der Waals surface area contributed by atoms with Gasteiger partial charge in [-0.05, 0) is 41.9 Å². The van der Waals surface area contributed by atoms with Crippen molar-refractivity contribution in [2.45, 2.75) is 18.8 Å². The minimum atomic E-state index is -2.27. The van der Waals surface area contributed by atoms with Gasteiger partial charge in [0, 0.05) is 32.4 Å². The van der Waals surface area contributed by atoms with Crippen LogP contribution in [0.5, 0.6) is 0 Å². The molecule has 0 spiro atoms. The number of carbonyl (C=O) groups is 3. The van der Waals surface area contributed by atoms with Gasteiger partial charge in [0.15, 0.2) is 12.2 Å². The smallest absolute Gasteiger partial charge is 0.335 e. The van der Waals surface area contributed by atoms with Gasteiger partial charge in [0.25, 0.3) is 0 Å². The molecule has 2 aromatic carbocycles. The van der Waals surface area contributed by atoms with Gasteiger partial charge in [-0.25, -0.2) is 9.59 Å². The fourth-order valence-corrected chi connectivity index (χ4v) is 3.45. The van der Waals surface area contributed by atoms with Crippen LogP contribution in [0, 0.1) is 0 Å². The van der Waals surface area contributed by atoms with Crippen LogP contribution in [-0.2, 0) is 25.7 Å². The molecule has 2 atom stereocenters. The number of morpholine rings is 1. The summed E-state index contributed by atoms with van der Waals surface area (Å²) in [6.45, 7) is 4.45. The van der Waals surface area contributed by atoms with E-state index in [1.165, 1.54) is 16.8 Å². The molecule has 2 aromatic rings. The van der Waals surface area contributed by atoms with Crippen LogP contribution >= 0.6 is 0 Å². The van der Waals surface area contributed by atoms with E-state index in [1.807, 2.05) is 7.05 Å². The van der Waals surface area contributed by atoms with Gasteiger partial charge in [0.05, 0.1) is 19.8 Å². The number of aliphatic hydroxyl groups is 2. The molecule has 1 heterocycles. The molecule has 5 N–H and O–H groups in total. The highest BCUT2D eigenvalue weighted by Gasteiger charge is 2.29. The Balaban J connectivity index is 0.000000388. The molecule has 1 fully saturated rings. The first kappa shape index (κ1) is 28.7. The standard InChI is InChI=1S/C21H27N3O2.C4H6O6/c1-22-15-21(25)23(2)16-17-4-3-5-19(14-17)18-6-8-20(9-7-18)24-10-12-26-13-11-24;5-1(3(7)8)2(6)4(9)10/h3-9,14,22H,10-13,15-16H2,1-2H3;1-2,5-6H,(H,7,8)(H,9,10)/t;1-,2-/m.1/s1. The van der Waals surface area contributed by atoms with Gasteiger partial charge >= 0.3 is 11.9 Å². The summed E-state index contributed by atoms with van der Waals surface area (Å²) in [4.78, 5) is 35.6. The maximum atomic E-state index is 11.9. The SMILES string of the molecule is CNCC(=O)N(C)Cc1cccc(-c2ccc(N3CCOCC3)cc2)c1.O=C(O)[C@H](O)[C@@H](O)C(=O)O. The molecule has 0 aromatic heterocycles. The molecule has 1 aliphatic heterocycles. The third-order valence-corrected chi connectivity index (χ3v) is 5.48. The molecular formula is C25H33N3O8. The summed E-state index contributed by atoms with van der Waals surface area (Å²) in [6.07, 6.45) is -4.53. The van der Waals surface area contributed by atoms with Crippen LogP contribution in [0.3, 0.4) is 0 Å². The van der Waals surface area contributed by atoms with E-state index in [4.69, 9.17) is 25.2 Å². The van der Waals surface area contributed by atoms with Crippen molar-refractivity contribution in [2.75, 3.05) is 51.8 Å². The number of rotatable bonds is 9. The minimum absolute atomic E-state index is 0.0905. The van der Waals surface area contributed by atoms with Crippen molar-refractivity contribution in [1.29, 1.82) is 0 Å². The van der Waals surface area contributed by atoms with E-state index in [0.717, 1.165) is 31.9 Å². The average molecular weight is 504 g/mol. The Morgan fingerprint density at radius 1 is 0.972 bits per heavy atom. The number of aliphatic carboxylic acids is 2. The summed E-state index contributed by atoms with van der Waals surface area (Å²) in [5.41, 5.74) is 4.73. The van der Waals surface area contributed by atoms with E-state index < -0.39 is 24.1 Å². The van der Waals surface area contributed by atoms with Crippen molar-refractivity contribution >= 4 is 23.5 Å². The van der Waals surface area contributed by atoms with Gasteiger partial charge in [-0.2, -0.15) is 0 Å². The number of benzene rings is 2. The summed E-state index contributed by atoms with van der Waals surface area (Å²) in [5.74, 6) is -3.45. The fraction of sp³-hybridized carbons (Fsp3) is 0.400. The molecule has 0 aliphatic carbocycles. The number of carbonyl (C=O) groups excluding carboxylic acids is 1. The second kappa shape index (κ2) is 14.1. The molecule has 1 amide bonds. The number of nitrogens with one attached hydrogen (secondary N) is 1. The van der Waals surface area contributed by atoms with Crippen LogP contribution in [0.2, 0.25) is 0 Å². The zero-order valence-electron chi connectivity index (χ0n) is 20.3. The summed E-state index contributed by atoms with van der Waals surface area (Å²) in [5, 5.41) is 35.4. The normalized spacial score (nSPS) is 14.7. The number of hydrogen-bond donors (Lipinski definition) is 5. The number of carboxylic acid groups (broad SMARTS) is 2. The molecule has 3 rings (SSSR count). The lowest BCUT2D eigenvalue weighted by Crippen LogP contribution is -2.39. The van der Waals surface area contributed by atoms with Crippen molar-refractivity contribution in [3.05, 3.63) is 54.1 Å². The number of likely N-dealkylation sites (N-methyl/N-ethyl adjacent to an activating group) is 2. The van der Waals surface area contributed by atoms with Crippen molar-refractivity contribution in [2.24, 2.45) is 0 Å². The number of amides is 1. The van der Waals surface area contributed by atoms with E-state index in [-0.39, 0.29) is 5.91 Å². The molecule has 196 valence electrons. The Hall–Kier alpha value is -3.51. The first-order valence-corrected chi connectivity index (χ1v) is 11.4. The van der Waals surface area contributed by atoms with Crippen LogP contribution in [0.25, 0.3) is 11.1 Å². The van der Waals surface area contributed by atoms with E-state index in [0.29, 0.717) is 13.1 Å². The third kappa shape index (κ3) is 8.61. The molecule has 0 saturated carbocycles. The van der Waals surface area contributed by atoms with Crippen molar-refractivity contribution in [1.82, 2.24) is 10.2 Å². The van der Waals surface area contributed by atoms with Crippen molar-refractivity contribution in [3.8, 4) is 11.1 Å². The van der Waals surface area contributed by atoms with E-state index in [2.05, 4.69) is 58.7 Å². The predicted molar refractivity (Wildman–Crippen MR) is 133 cm³/mol. The lowest BCUT2D eigenvalue weighted by Gasteiger charge is -2.29. The summed E-state index contributed by atoms with van der Waals surface area (Å²) in [7, 11) is 3.62. The number of nitrogens with zero attached hydrogens (tertiary/aromatic N) is 2. The van der Waals surface area contributed by atoms with Crippen LogP contribution < -0.4 is 10.2 Å². The number of anilines is 1. The van der Waals surface area contributed by atoms with Crippen LogP contribution in [0.4, 0.5) is 5.69 Å². The monoisotopic (exact) mass is 503 g/mol. The molecule has 11 heteroatoms. The topological polar surface area (TPSA) is 160 Å². The number of hydrogen-bond acceptors (Lipinski definition) is 8. The summed E-state index contributed by atoms with van der Waals surface area (Å²) >= 11 is 0. The Kier molecular flexibility index (Phi) is 11.3. The molecule has 36 heavy (non-hydrogen) atoms. The van der Waals surface area contributed by atoms with Gasteiger partial charge in [0.2, 0.25) is 5.91 Å². The highest BCUT2D eigenvalue weighted by Crippen LogP contribution is 2.25. The van der Waals surface area contributed by atoms with Gasteiger partial charge in [0.1, 0.15) is 0 Å². The Labute approximate surface area is 209 Å². The minimum Gasteiger partial charge on any atom is -0.479 e. The lowest BCUT2D eigenvalue weighted by molar-refractivity contribution is -0.165. The number of carboxylic acids is 2. The van der Waals surface area contributed by atoms with Gasteiger partial charge in [-0.15, -0.1) is 0 Å². The van der Waals surface area contributed by atoms with Gasteiger partial charge in [-0.1, -0.05) is 30.3 Å². The second-order valence-corrected chi connectivity index (χ2v) is 8.19. The highest BCUT2D eigenvalue weighted by molar-refractivity contribution is 5.83. The molecule has 1 saturated heterocycles. The predicted octanol–water partition coefficient (Wildman–Crippen LogP) is 0.245. The molecule has 11 nitrogen and oxygen atoms in total. The first-order valence-electron chi connectivity index (χ1n) is 11.4. The second-order valence-electron chi connectivity index (χ2n) is 8.19. The molecule has 0 radical (unpaired) electrons. The zero-order valence-corrected chi connectivity index (χ0v) is 20.3. The fourth-order valence-electron chi connectivity index (χ4n) is 3.45. The van der Waals surface area contributed by atoms with Crippen molar-refractivity contribution < 1.29 is 39.5 Å². The van der Waals surface area contributed by atoms with E-state index in [9.17, 15) is 14.4 Å². The number of ether oxygens (including phenoxy) is 1. The average Bonchev–Trinajstić information content (AvgIpc) is 2.89. The third-order valence-electron chi connectivity index (χ3n) is 5.48. The highest BCUT2D eigenvalue weighted by atomic mass is 16.5. The van der Waals surface area contributed by atoms with Crippen LogP contribution in [0.1, 0.15) is 5.56 Å². The van der Waals surface area contributed by atoms with E-state index >= 15 is 0 Å². The Bertz CT molecular complexity index is 991. The summed E-state index contributed by atoms with van der Waals surface area (Å²) < 4.78 is 5.42. The quantitative estimate of drug-likeness (QED) is 0.321. The van der Waals surface area contributed by atoms with Gasteiger partial charge < -0.3 is 40.3 Å². The van der Waals surface area contributed by atoms with Crippen LogP contribution in [-0.4, -0.2) is 102 Å². The number of aliphatic hydroxyl groups excluding tert-OH is 2. The van der Waals surface area contributed by atoms with Crippen LogP contribution in [0.15, 0.2) is 48.5 Å². The van der Waals surface area contributed by atoms with Crippen molar-refractivity contribution in [3.63, 3.8) is 0 Å². The maximum absolute atomic E-state index is 11.9. The Morgan fingerprint density at radius 3 is 2.08 bits per heavy atom. The van der Waals surface area contributed by atoms with Gasteiger partial charge in [-0.3, -0.25) is 4.79 Å². The zero-order chi connectivity index (χ0) is 26.7. The first-order chi connectivity index (χ1) is 17.1. The lowest BCUT2D eigenvalue weighted by atomic mass is 10.0. The molecule has 1 aliphatic rings.